The van der Waals surface area contributed by atoms with Gasteiger partial charge < -0.3 is 64.1 Å². The molecule has 0 aliphatic carbocycles. The fourth-order valence-corrected chi connectivity index (χ4v) is 7.68. The highest BCUT2D eigenvalue weighted by Gasteiger charge is 2.50. The number of hydrogen-bond donors (Lipinski definition) is 6. The lowest BCUT2D eigenvalue weighted by molar-refractivity contribution is -0.160. The van der Waals surface area contributed by atoms with Crippen LogP contribution in [0.3, 0.4) is 0 Å². The second-order valence-corrected chi connectivity index (χ2v) is 16.3. The van der Waals surface area contributed by atoms with E-state index >= 15 is 0 Å². The molecule has 63 heavy (non-hydrogen) atoms. The predicted molar refractivity (Wildman–Crippen MR) is 234 cm³/mol. The third kappa shape index (κ3) is 11.5. The van der Waals surface area contributed by atoms with E-state index in [1.165, 1.54) is 53.2 Å². The summed E-state index contributed by atoms with van der Waals surface area (Å²) in [5, 5.41) is 64.1. The largest absolute Gasteiger partial charge is 0.507 e. The number of unbranched alkanes of at least 4 members (excludes halogenated alkanes) is 1. The maximum Gasteiger partial charge on any atom is 0.312 e. The van der Waals surface area contributed by atoms with Crippen molar-refractivity contribution in [3.63, 3.8) is 0 Å². The first-order valence-electron chi connectivity index (χ1n) is 21.2. The van der Waals surface area contributed by atoms with E-state index in [1.54, 1.807) is 39.8 Å². The van der Waals surface area contributed by atoms with E-state index in [4.69, 9.17) is 33.3 Å². The average Bonchev–Trinajstić information content (AvgIpc) is 3.51. The molecular weight excluding hydrogens is 821 g/mol. The van der Waals surface area contributed by atoms with Crippen LogP contribution in [0, 0.1) is 30.6 Å². The number of fused-ring (bicyclic) bond motifs is 14. The molecule has 0 spiro atoms. The van der Waals surface area contributed by atoms with Crippen LogP contribution in [-0.2, 0) is 38.1 Å². The molecular formula is C46H64N2O15. The van der Waals surface area contributed by atoms with E-state index in [-0.39, 0.29) is 57.7 Å². The molecule has 0 saturated carbocycles. The summed E-state index contributed by atoms with van der Waals surface area (Å²) >= 11 is 0. The fraction of sp³-hybridized carbons (Fsp3) is 0.565. The van der Waals surface area contributed by atoms with Crippen LogP contribution in [0.15, 0.2) is 41.3 Å². The Morgan fingerprint density at radius 1 is 0.905 bits per heavy atom. The van der Waals surface area contributed by atoms with Gasteiger partial charge in [0.1, 0.15) is 30.0 Å². The Kier molecular flexibility index (Phi) is 18.0. The number of methoxy groups -OCH3 is 1. The molecule has 9 unspecified atom stereocenters. The van der Waals surface area contributed by atoms with Crippen molar-refractivity contribution >= 4 is 40.3 Å². The minimum atomic E-state index is -2.08. The van der Waals surface area contributed by atoms with Crippen LogP contribution in [0.5, 0.6) is 23.0 Å². The van der Waals surface area contributed by atoms with E-state index in [9.17, 15) is 39.9 Å². The van der Waals surface area contributed by atoms with Crippen molar-refractivity contribution in [2.24, 2.45) is 28.8 Å². The van der Waals surface area contributed by atoms with E-state index in [0.29, 0.717) is 19.8 Å². The number of aliphatic hydroxyl groups excluding tert-OH is 2. The van der Waals surface area contributed by atoms with E-state index in [2.05, 4.69) is 17.4 Å². The zero-order valence-corrected chi connectivity index (χ0v) is 37.8. The Labute approximate surface area is 368 Å². The quantitative estimate of drug-likeness (QED) is 0.0341. The molecule has 2 aromatic carbocycles. The molecule has 9 atom stereocenters. The molecule has 0 aromatic heterocycles. The van der Waals surface area contributed by atoms with Gasteiger partial charge in [0.05, 0.1) is 72.8 Å². The number of hydrogen-bond acceptors (Lipinski definition) is 16. The van der Waals surface area contributed by atoms with Crippen molar-refractivity contribution in [2.75, 3.05) is 45.5 Å². The number of anilines is 1. The van der Waals surface area contributed by atoms with Crippen molar-refractivity contribution in [3.8, 4) is 23.0 Å². The summed E-state index contributed by atoms with van der Waals surface area (Å²) in [7, 11) is 1.42. The van der Waals surface area contributed by atoms with Crippen LogP contribution < -0.4 is 10.1 Å². The maximum atomic E-state index is 14.4. The summed E-state index contributed by atoms with van der Waals surface area (Å²) in [4.78, 5) is 45.8. The fourth-order valence-electron chi connectivity index (χ4n) is 7.68. The maximum absolute atomic E-state index is 14.4. The molecule has 17 heteroatoms. The Morgan fingerprint density at radius 3 is 2.22 bits per heavy atom. The van der Waals surface area contributed by atoms with Crippen molar-refractivity contribution in [1.29, 1.82) is 0 Å². The zero-order chi connectivity index (χ0) is 46.8. The van der Waals surface area contributed by atoms with Crippen LogP contribution in [0.25, 0.3) is 10.8 Å². The number of nitrogens with one attached hydrogen (secondary N) is 1. The van der Waals surface area contributed by atoms with Gasteiger partial charge in [-0.15, -0.1) is 0 Å². The van der Waals surface area contributed by atoms with Crippen LogP contribution in [0.2, 0.25) is 0 Å². The SMILES string of the molecule is CCCCOCCOCCO/N=C/c1c2c(O)c3c(O)c(C)c4c(c3c1O)C(=O)C(C)(O/C=C/C(OC)C(C)C(OC(C)=O)C(C)C(O)C(C)C(O)C(C)/C=C/C=C(\C)C(=O)N2)O4. The number of carbonyl (C=O) groups excluding carboxylic acids is 3. The monoisotopic (exact) mass is 884 g/mol. The van der Waals surface area contributed by atoms with Gasteiger partial charge in [-0.1, -0.05) is 64.4 Å². The number of ether oxygens (including phenoxy) is 6. The number of Topliss-reactive ketones (excluding diaryl/α,β-unsaturated/α-hetero) is 1. The molecule has 2 aromatic rings. The van der Waals surface area contributed by atoms with Gasteiger partial charge in [-0.2, -0.15) is 0 Å². The van der Waals surface area contributed by atoms with Crippen molar-refractivity contribution in [3.05, 3.63) is 52.8 Å². The number of aliphatic hydroxyl groups is 2. The predicted octanol–water partition coefficient (Wildman–Crippen LogP) is 5.94. The number of oxime groups is 1. The molecule has 0 fully saturated rings. The molecule has 6 N–H and O–H groups in total. The topological polar surface area (TPSA) is 241 Å². The third-order valence-corrected chi connectivity index (χ3v) is 11.6. The first-order chi connectivity index (χ1) is 29.8. The lowest BCUT2D eigenvalue weighted by atomic mass is 9.78. The number of benzene rings is 2. The highest BCUT2D eigenvalue weighted by atomic mass is 16.7. The number of phenolic OH excluding ortho intramolecular Hbond substituents is 3. The van der Waals surface area contributed by atoms with Gasteiger partial charge in [0.25, 0.3) is 11.7 Å². The van der Waals surface area contributed by atoms with Crippen LogP contribution in [0.4, 0.5) is 5.69 Å². The minimum absolute atomic E-state index is 0.0103. The second kappa shape index (κ2) is 22.4. The number of ketones is 1. The van der Waals surface area contributed by atoms with Crippen LogP contribution >= 0.6 is 0 Å². The van der Waals surface area contributed by atoms with Gasteiger partial charge in [-0.25, -0.2) is 0 Å². The van der Waals surface area contributed by atoms with E-state index < -0.39 is 88.8 Å². The Balaban J connectivity index is 1.85. The molecule has 17 nitrogen and oxygen atoms in total. The summed E-state index contributed by atoms with van der Waals surface area (Å²) in [6.07, 6.45) is 6.38. The number of rotatable bonds is 13. The molecule has 0 radical (unpaired) electrons. The summed E-state index contributed by atoms with van der Waals surface area (Å²) < 4.78 is 34.5. The standard InChI is InChI=1S/C46H64N2O15/c1-11-12-17-58-19-20-59-21-22-61-47-23-31-36-41(54)34-33(40(31)53)35-43(29(7)39(34)52)63-46(9,44(35)55)60-18-16-32(57-10)26(4)42(62-30(8)49)28(6)38(51)27(5)37(50)24(2)14-13-15-25(3)45(56)48-36/h13-16,18,23-24,26-28,32,37-38,42,50-54H,11-12,17,19-22H2,1-10H3,(H,48,56)/b14-13+,18-16+,25-15+,47-23+. The van der Waals surface area contributed by atoms with Gasteiger partial charge in [0.15, 0.2) is 5.75 Å². The first kappa shape index (κ1) is 50.4. The smallest absolute Gasteiger partial charge is 0.312 e. The molecule has 3 heterocycles. The summed E-state index contributed by atoms with van der Waals surface area (Å²) in [5.41, 5.74) is -0.723. The molecule has 3 aliphatic rings. The van der Waals surface area contributed by atoms with Crippen molar-refractivity contribution < 1.29 is 73.2 Å². The summed E-state index contributed by atoms with van der Waals surface area (Å²) in [6.45, 7) is 16.0. The van der Waals surface area contributed by atoms with E-state index in [0.717, 1.165) is 19.1 Å². The highest BCUT2D eigenvalue weighted by molar-refractivity contribution is 6.23. The van der Waals surface area contributed by atoms with Crippen molar-refractivity contribution in [1.82, 2.24) is 0 Å². The number of phenols is 3. The minimum Gasteiger partial charge on any atom is -0.507 e. The Morgan fingerprint density at radius 2 is 1.57 bits per heavy atom. The molecule has 5 bridgehead atoms. The Hall–Kier alpha value is -5.20. The number of allylic oxidation sites excluding steroid dienone is 2. The highest BCUT2D eigenvalue weighted by Crippen LogP contribution is 2.55. The number of aromatic hydroxyl groups is 3. The molecule has 0 saturated heterocycles. The van der Waals surface area contributed by atoms with Crippen LogP contribution in [0.1, 0.15) is 89.7 Å². The van der Waals surface area contributed by atoms with Gasteiger partial charge >= 0.3 is 11.8 Å². The number of amides is 1. The summed E-state index contributed by atoms with van der Waals surface area (Å²) in [6, 6.07) is 0. The van der Waals surface area contributed by atoms with Crippen molar-refractivity contribution in [2.45, 2.75) is 105 Å². The lowest BCUT2D eigenvalue weighted by Crippen LogP contribution is -2.46. The van der Waals surface area contributed by atoms with Gasteiger partial charge in [-0.05, 0) is 26.3 Å². The average molecular weight is 885 g/mol. The molecule has 348 valence electrons. The molecule has 1 amide bonds. The van der Waals surface area contributed by atoms with E-state index in [1.807, 2.05) is 0 Å². The normalized spacial score (nSPS) is 28.9. The number of nitrogens with zero attached hydrogens (tertiary/aromatic N) is 1. The third-order valence-electron chi connectivity index (χ3n) is 11.6. The number of carbonyl (C=O) groups is 3. The van der Waals surface area contributed by atoms with Gasteiger partial charge in [0.2, 0.25) is 0 Å². The summed E-state index contributed by atoms with van der Waals surface area (Å²) in [5.74, 6) is -8.82. The molecule has 3 aliphatic heterocycles. The van der Waals surface area contributed by atoms with Gasteiger partial charge in [0, 0.05) is 67.8 Å². The van der Waals surface area contributed by atoms with Gasteiger partial charge in [-0.3, -0.25) is 14.4 Å². The Bertz CT molecular complexity index is 2080. The van der Waals surface area contributed by atoms with Crippen LogP contribution in [-0.4, -0.2) is 120 Å². The zero-order valence-electron chi connectivity index (χ0n) is 37.8. The molecule has 5 rings (SSSR count). The first-order valence-corrected chi connectivity index (χ1v) is 21.2. The second-order valence-electron chi connectivity index (χ2n) is 16.3. The number of esters is 1. The lowest BCUT2D eigenvalue weighted by Gasteiger charge is -2.38.